The molecule has 0 saturated heterocycles. The number of aliphatic imine (C=N–C) groups is 1. The highest BCUT2D eigenvalue weighted by Crippen LogP contribution is 2.29. The molecule has 1 unspecified atom stereocenters. The molecule has 1 atom stereocenters. The predicted octanol–water partition coefficient (Wildman–Crippen LogP) is 2.47. The van der Waals surface area contributed by atoms with Gasteiger partial charge in [0.15, 0.2) is 0 Å². The molecular formula is C21H23N5O2S. The van der Waals surface area contributed by atoms with E-state index in [0.29, 0.717) is 30.2 Å². The van der Waals surface area contributed by atoms with Crippen LogP contribution in [0.15, 0.2) is 59.6 Å². The van der Waals surface area contributed by atoms with E-state index in [1.54, 1.807) is 0 Å². The van der Waals surface area contributed by atoms with Crippen molar-refractivity contribution in [2.75, 3.05) is 11.9 Å². The molecule has 0 aliphatic carbocycles. The van der Waals surface area contributed by atoms with Crippen LogP contribution in [-0.2, 0) is 9.59 Å². The SMILES string of the molecule is C=CC(=O)Nc1ccccc1C1CCN=C(C(C(N)=O)=C(N)c2ccc(C)s2)N1. The van der Waals surface area contributed by atoms with Crippen molar-refractivity contribution in [2.45, 2.75) is 19.4 Å². The third-order valence-electron chi connectivity index (χ3n) is 4.54. The molecule has 0 spiro atoms. The number of nitrogens with zero attached hydrogens (tertiary/aromatic N) is 1. The number of primary amides is 1. The molecule has 7 nitrogen and oxygen atoms in total. The van der Waals surface area contributed by atoms with E-state index in [1.807, 2.05) is 43.3 Å². The summed E-state index contributed by atoms with van der Waals surface area (Å²) in [4.78, 5) is 30.3. The zero-order valence-corrected chi connectivity index (χ0v) is 16.9. The quantitative estimate of drug-likeness (QED) is 0.547. The molecule has 2 aromatic rings. The number of anilines is 1. The lowest BCUT2D eigenvalue weighted by Crippen LogP contribution is -2.39. The number of rotatable bonds is 6. The molecule has 2 heterocycles. The molecule has 1 aliphatic heterocycles. The highest BCUT2D eigenvalue weighted by molar-refractivity contribution is 7.13. The smallest absolute Gasteiger partial charge is 0.254 e. The minimum Gasteiger partial charge on any atom is -0.397 e. The number of nitrogens with one attached hydrogen (secondary N) is 2. The number of aryl methyl sites for hydroxylation is 1. The number of para-hydroxylation sites is 1. The van der Waals surface area contributed by atoms with Crippen LogP contribution in [0.25, 0.3) is 5.70 Å². The number of amides is 2. The van der Waals surface area contributed by atoms with Gasteiger partial charge in [-0.25, -0.2) is 0 Å². The Morgan fingerprint density at radius 1 is 1.28 bits per heavy atom. The molecule has 1 aliphatic rings. The highest BCUT2D eigenvalue weighted by Gasteiger charge is 2.26. The van der Waals surface area contributed by atoms with Crippen molar-refractivity contribution in [3.63, 3.8) is 0 Å². The van der Waals surface area contributed by atoms with E-state index in [-0.39, 0.29) is 17.5 Å². The Labute approximate surface area is 173 Å². The summed E-state index contributed by atoms with van der Waals surface area (Å²) in [6.07, 6.45) is 1.91. The molecule has 1 aromatic carbocycles. The number of amidine groups is 1. The Bertz CT molecular complexity index is 1020. The van der Waals surface area contributed by atoms with E-state index in [4.69, 9.17) is 11.5 Å². The average molecular weight is 410 g/mol. The van der Waals surface area contributed by atoms with Gasteiger partial charge in [0.2, 0.25) is 5.91 Å². The monoisotopic (exact) mass is 409 g/mol. The summed E-state index contributed by atoms with van der Waals surface area (Å²) in [5.74, 6) is -0.576. The molecule has 8 heteroatoms. The second kappa shape index (κ2) is 8.74. The summed E-state index contributed by atoms with van der Waals surface area (Å²) < 4.78 is 0. The van der Waals surface area contributed by atoms with Crippen LogP contribution in [-0.4, -0.2) is 24.2 Å². The maximum Gasteiger partial charge on any atom is 0.254 e. The fourth-order valence-electron chi connectivity index (χ4n) is 3.15. The van der Waals surface area contributed by atoms with Gasteiger partial charge in [-0.15, -0.1) is 11.3 Å². The van der Waals surface area contributed by atoms with E-state index >= 15 is 0 Å². The summed E-state index contributed by atoms with van der Waals surface area (Å²) in [6, 6.07) is 11.1. The van der Waals surface area contributed by atoms with Gasteiger partial charge in [0.25, 0.3) is 5.91 Å². The van der Waals surface area contributed by atoms with Gasteiger partial charge < -0.3 is 22.1 Å². The molecule has 0 fully saturated rings. The molecule has 29 heavy (non-hydrogen) atoms. The Kier molecular flexibility index (Phi) is 6.13. The number of carbonyl (C=O) groups excluding carboxylic acids is 2. The molecule has 0 radical (unpaired) electrons. The zero-order chi connectivity index (χ0) is 21.0. The van der Waals surface area contributed by atoms with Crippen molar-refractivity contribution in [3.05, 3.63) is 69.9 Å². The summed E-state index contributed by atoms with van der Waals surface area (Å²) in [6.45, 7) is 5.94. The van der Waals surface area contributed by atoms with Gasteiger partial charge in [-0.1, -0.05) is 24.8 Å². The van der Waals surface area contributed by atoms with Crippen LogP contribution < -0.4 is 22.1 Å². The van der Waals surface area contributed by atoms with Gasteiger partial charge in [0, 0.05) is 17.1 Å². The van der Waals surface area contributed by atoms with Crippen molar-refractivity contribution in [1.29, 1.82) is 0 Å². The molecule has 3 rings (SSSR count). The number of hydrogen-bond acceptors (Lipinski definition) is 6. The van der Waals surface area contributed by atoms with E-state index in [2.05, 4.69) is 22.2 Å². The lowest BCUT2D eigenvalue weighted by Gasteiger charge is -2.27. The van der Waals surface area contributed by atoms with Crippen LogP contribution in [0.2, 0.25) is 0 Å². The first kappa shape index (κ1) is 20.3. The van der Waals surface area contributed by atoms with Crippen LogP contribution >= 0.6 is 11.3 Å². The summed E-state index contributed by atoms with van der Waals surface area (Å²) in [5.41, 5.74) is 14.0. The third-order valence-corrected chi connectivity index (χ3v) is 5.57. The fourth-order valence-corrected chi connectivity index (χ4v) is 3.98. The van der Waals surface area contributed by atoms with E-state index in [9.17, 15) is 9.59 Å². The number of carbonyl (C=O) groups is 2. The average Bonchev–Trinajstić information content (AvgIpc) is 3.15. The van der Waals surface area contributed by atoms with Crippen molar-refractivity contribution < 1.29 is 9.59 Å². The number of nitrogens with two attached hydrogens (primary N) is 2. The van der Waals surface area contributed by atoms with Crippen molar-refractivity contribution in [1.82, 2.24) is 5.32 Å². The van der Waals surface area contributed by atoms with Gasteiger partial charge in [-0.2, -0.15) is 0 Å². The van der Waals surface area contributed by atoms with Crippen LogP contribution in [0.4, 0.5) is 5.69 Å². The zero-order valence-electron chi connectivity index (χ0n) is 16.1. The van der Waals surface area contributed by atoms with Gasteiger partial charge in [-0.3, -0.25) is 14.6 Å². The van der Waals surface area contributed by atoms with Crippen molar-refractivity contribution in [2.24, 2.45) is 16.5 Å². The number of thiophene rings is 1. The van der Waals surface area contributed by atoms with E-state index in [1.165, 1.54) is 17.4 Å². The maximum atomic E-state index is 12.2. The van der Waals surface area contributed by atoms with Gasteiger partial charge in [0.1, 0.15) is 11.4 Å². The lowest BCUT2D eigenvalue weighted by molar-refractivity contribution is -0.114. The molecule has 6 N–H and O–H groups in total. The largest absolute Gasteiger partial charge is 0.397 e. The Morgan fingerprint density at radius 3 is 2.69 bits per heavy atom. The molecule has 150 valence electrons. The standard InChI is InChI=1S/C21H23N5O2S/c1-3-17(27)25-14-7-5-4-6-13(14)15-10-11-24-21(26-15)18(20(23)28)19(22)16-9-8-12(2)29-16/h3-9,15H,1,10-11,22H2,2H3,(H2,23,28)(H,24,26)(H,25,27). The first-order valence-corrected chi connectivity index (χ1v) is 9.92. The van der Waals surface area contributed by atoms with Crippen LogP contribution in [0.3, 0.4) is 0 Å². The predicted molar refractivity (Wildman–Crippen MR) is 117 cm³/mol. The Hall–Kier alpha value is -3.39. The molecule has 0 bridgehead atoms. The van der Waals surface area contributed by atoms with E-state index in [0.717, 1.165) is 15.3 Å². The molecule has 0 saturated carbocycles. The van der Waals surface area contributed by atoms with Crippen LogP contribution in [0.5, 0.6) is 0 Å². The lowest BCUT2D eigenvalue weighted by atomic mass is 9.98. The second-order valence-electron chi connectivity index (χ2n) is 6.56. The van der Waals surface area contributed by atoms with Crippen LogP contribution in [0.1, 0.15) is 27.8 Å². The highest BCUT2D eigenvalue weighted by atomic mass is 32.1. The minimum atomic E-state index is -0.645. The van der Waals surface area contributed by atoms with E-state index < -0.39 is 5.91 Å². The van der Waals surface area contributed by atoms with Gasteiger partial charge in [0.05, 0.1) is 16.6 Å². The van der Waals surface area contributed by atoms with Crippen LogP contribution in [0, 0.1) is 6.92 Å². The first-order valence-electron chi connectivity index (χ1n) is 9.10. The fraction of sp³-hybridized carbons (Fsp3) is 0.190. The van der Waals surface area contributed by atoms with Crippen molar-refractivity contribution in [3.8, 4) is 0 Å². The molecule has 1 aromatic heterocycles. The normalized spacial score (nSPS) is 16.9. The minimum absolute atomic E-state index is 0.170. The van der Waals surface area contributed by atoms with Gasteiger partial charge in [-0.05, 0) is 43.2 Å². The topological polar surface area (TPSA) is 123 Å². The van der Waals surface area contributed by atoms with Gasteiger partial charge >= 0.3 is 0 Å². The summed E-state index contributed by atoms with van der Waals surface area (Å²) in [7, 11) is 0. The number of benzene rings is 1. The molecular weight excluding hydrogens is 386 g/mol. The molecule has 2 amide bonds. The maximum absolute atomic E-state index is 12.2. The third kappa shape index (κ3) is 4.55. The number of hydrogen-bond donors (Lipinski definition) is 4. The summed E-state index contributed by atoms with van der Waals surface area (Å²) in [5, 5.41) is 6.09. The van der Waals surface area contributed by atoms with Crippen molar-refractivity contribution >= 4 is 40.4 Å². The second-order valence-corrected chi connectivity index (χ2v) is 7.85. The Balaban J connectivity index is 1.94. The summed E-state index contributed by atoms with van der Waals surface area (Å²) >= 11 is 1.48. The first-order chi connectivity index (χ1) is 13.9. The Morgan fingerprint density at radius 2 is 2.03 bits per heavy atom.